The zero-order chi connectivity index (χ0) is 17.8. The van der Waals surface area contributed by atoms with Crippen LogP contribution >= 0.6 is 11.3 Å². The fraction of sp³-hybridized carbons (Fsp3) is 0.235. The van der Waals surface area contributed by atoms with Gasteiger partial charge in [-0.3, -0.25) is 9.59 Å². The Hall–Kier alpha value is -2.87. The van der Waals surface area contributed by atoms with Gasteiger partial charge in [0.2, 0.25) is 5.91 Å². The number of aryl methyl sites for hydroxylation is 2. The quantitative estimate of drug-likeness (QED) is 0.687. The first-order valence-electron chi connectivity index (χ1n) is 7.75. The van der Waals surface area contributed by atoms with Gasteiger partial charge in [-0.25, -0.2) is 4.68 Å². The van der Waals surface area contributed by atoms with Gasteiger partial charge in [-0.05, 0) is 41.6 Å². The molecule has 0 bridgehead atoms. The van der Waals surface area contributed by atoms with Crippen LogP contribution in [0.25, 0.3) is 11.4 Å². The minimum Gasteiger partial charge on any atom is -0.326 e. The highest BCUT2D eigenvalue weighted by molar-refractivity contribution is 7.14. The van der Waals surface area contributed by atoms with Crippen molar-refractivity contribution < 1.29 is 9.59 Å². The lowest BCUT2D eigenvalue weighted by atomic mass is 10.1. The molecule has 25 heavy (non-hydrogen) atoms. The second kappa shape index (κ2) is 7.35. The van der Waals surface area contributed by atoms with Gasteiger partial charge in [0.1, 0.15) is 0 Å². The topological polar surface area (TPSA) is 89.8 Å². The van der Waals surface area contributed by atoms with Gasteiger partial charge in [0.15, 0.2) is 11.6 Å². The number of thiophene rings is 1. The maximum atomic E-state index is 12.1. The van der Waals surface area contributed by atoms with Crippen LogP contribution in [0.3, 0.4) is 0 Å². The van der Waals surface area contributed by atoms with E-state index in [2.05, 4.69) is 20.8 Å². The van der Waals surface area contributed by atoms with E-state index in [0.717, 1.165) is 10.4 Å². The van der Waals surface area contributed by atoms with Crippen LogP contribution in [0, 0.1) is 6.92 Å². The van der Waals surface area contributed by atoms with Crippen molar-refractivity contribution in [2.45, 2.75) is 19.8 Å². The number of amides is 1. The molecule has 0 saturated heterocycles. The van der Waals surface area contributed by atoms with Crippen LogP contribution in [0.2, 0.25) is 0 Å². The first-order valence-corrected chi connectivity index (χ1v) is 8.57. The number of tetrazole rings is 1. The molecule has 1 aromatic carbocycles. The van der Waals surface area contributed by atoms with E-state index in [1.165, 1.54) is 11.3 Å². The summed E-state index contributed by atoms with van der Waals surface area (Å²) in [6.45, 7) is 1.95. The molecule has 0 fully saturated rings. The van der Waals surface area contributed by atoms with Crippen molar-refractivity contribution >= 4 is 28.7 Å². The number of Topliss-reactive ketones (excluding diaryl/α,β-unsaturated/α-hetero) is 1. The number of carbonyl (C=O) groups excluding carboxylic acids is 2. The number of carbonyl (C=O) groups is 2. The Balaban J connectivity index is 1.60. The van der Waals surface area contributed by atoms with Crippen molar-refractivity contribution in [3.05, 3.63) is 46.2 Å². The van der Waals surface area contributed by atoms with Crippen molar-refractivity contribution in [2.75, 3.05) is 5.32 Å². The molecular formula is C17H17N5O2S. The van der Waals surface area contributed by atoms with Crippen LogP contribution < -0.4 is 5.32 Å². The molecule has 0 aliphatic carbocycles. The Kier molecular flexibility index (Phi) is 4.99. The average Bonchev–Trinajstić information content (AvgIpc) is 3.21. The molecule has 0 atom stereocenters. The standard InChI is InChI=1S/C17H17N5O2S/c1-11-6-8-15(25-11)14(23)7-9-16(24)18-13-5-3-4-12(10-13)17-19-20-21-22(17)2/h3-6,8,10H,7,9H2,1-2H3,(H,18,24). The zero-order valence-corrected chi connectivity index (χ0v) is 14.7. The van der Waals surface area contributed by atoms with Crippen LogP contribution in [0.4, 0.5) is 5.69 Å². The highest BCUT2D eigenvalue weighted by Crippen LogP contribution is 2.20. The second-order valence-corrected chi connectivity index (χ2v) is 6.88. The van der Waals surface area contributed by atoms with Gasteiger partial charge >= 0.3 is 0 Å². The maximum Gasteiger partial charge on any atom is 0.224 e. The lowest BCUT2D eigenvalue weighted by Gasteiger charge is -2.06. The van der Waals surface area contributed by atoms with E-state index in [4.69, 9.17) is 0 Å². The molecule has 1 N–H and O–H groups in total. The maximum absolute atomic E-state index is 12.1. The molecule has 0 spiro atoms. The number of nitrogens with zero attached hydrogens (tertiary/aromatic N) is 4. The van der Waals surface area contributed by atoms with E-state index in [0.29, 0.717) is 16.4 Å². The van der Waals surface area contributed by atoms with Gasteiger partial charge in [0.25, 0.3) is 0 Å². The number of ketones is 1. The molecule has 8 heteroatoms. The van der Waals surface area contributed by atoms with Crippen molar-refractivity contribution in [3.8, 4) is 11.4 Å². The van der Waals surface area contributed by atoms with Crippen LogP contribution in [0.15, 0.2) is 36.4 Å². The lowest BCUT2D eigenvalue weighted by Crippen LogP contribution is -2.13. The summed E-state index contributed by atoms with van der Waals surface area (Å²) >= 11 is 1.45. The summed E-state index contributed by atoms with van der Waals surface area (Å²) in [6.07, 6.45) is 0.338. The van der Waals surface area contributed by atoms with Crippen molar-refractivity contribution in [1.29, 1.82) is 0 Å². The number of hydrogen-bond donors (Lipinski definition) is 1. The smallest absolute Gasteiger partial charge is 0.224 e. The Morgan fingerprint density at radius 3 is 2.72 bits per heavy atom. The van der Waals surface area contributed by atoms with Gasteiger partial charge in [-0.1, -0.05) is 12.1 Å². The van der Waals surface area contributed by atoms with E-state index in [-0.39, 0.29) is 24.5 Å². The fourth-order valence-corrected chi connectivity index (χ4v) is 3.20. The van der Waals surface area contributed by atoms with E-state index < -0.39 is 0 Å². The average molecular weight is 355 g/mol. The number of benzene rings is 1. The molecular weight excluding hydrogens is 338 g/mol. The molecule has 0 radical (unpaired) electrons. The van der Waals surface area contributed by atoms with Crippen LogP contribution in [-0.2, 0) is 11.8 Å². The molecule has 3 aromatic rings. The van der Waals surface area contributed by atoms with Gasteiger partial charge in [0, 0.05) is 36.0 Å². The van der Waals surface area contributed by atoms with Gasteiger partial charge in [-0.2, -0.15) is 0 Å². The molecule has 128 valence electrons. The van der Waals surface area contributed by atoms with Gasteiger partial charge < -0.3 is 5.32 Å². The Morgan fingerprint density at radius 2 is 2.04 bits per heavy atom. The molecule has 0 aliphatic rings. The highest BCUT2D eigenvalue weighted by atomic mass is 32.1. The van der Waals surface area contributed by atoms with Crippen molar-refractivity contribution in [2.24, 2.45) is 7.05 Å². The first-order chi connectivity index (χ1) is 12.0. The summed E-state index contributed by atoms with van der Waals surface area (Å²) in [5.41, 5.74) is 1.44. The van der Waals surface area contributed by atoms with Gasteiger partial charge in [0.05, 0.1) is 4.88 Å². The predicted octanol–water partition coefficient (Wildman–Crippen LogP) is 2.85. The SMILES string of the molecule is Cc1ccc(C(=O)CCC(=O)Nc2cccc(-c3nnnn3C)c2)s1. The Labute approximate surface area is 148 Å². The minimum atomic E-state index is -0.199. The van der Waals surface area contributed by atoms with E-state index in [9.17, 15) is 9.59 Å². The predicted molar refractivity (Wildman–Crippen MR) is 95.5 cm³/mol. The summed E-state index contributed by atoms with van der Waals surface area (Å²) < 4.78 is 1.56. The van der Waals surface area contributed by atoms with Gasteiger partial charge in [-0.15, -0.1) is 16.4 Å². The molecule has 3 rings (SSSR count). The molecule has 0 unspecified atom stereocenters. The third-order valence-electron chi connectivity index (χ3n) is 3.62. The molecule has 0 aliphatic heterocycles. The molecule has 2 aromatic heterocycles. The monoisotopic (exact) mass is 355 g/mol. The minimum absolute atomic E-state index is 0.00726. The van der Waals surface area contributed by atoms with E-state index in [1.54, 1.807) is 29.9 Å². The highest BCUT2D eigenvalue weighted by Gasteiger charge is 2.12. The molecule has 7 nitrogen and oxygen atoms in total. The molecule has 0 saturated carbocycles. The number of hydrogen-bond acceptors (Lipinski definition) is 6. The summed E-state index contributed by atoms with van der Waals surface area (Å²) in [5.74, 6) is 0.404. The van der Waals surface area contributed by atoms with Crippen molar-refractivity contribution in [3.63, 3.8) is 0 Å². The number of aromatic nitrogens is 4. The van der Waals surface area contributed by atoms with E-state index in [1.807, 2.05) is 25.1 Å². The van der Waals surface area contributed by atoms with Crippen molar-refractivity contribution in [1.82, 2.24) is 20.2 Å². The molecule has 2 heterocycles. The third-order valence-corrected chi connectivity index (χ3v) is 4.66. The lowest BCUT2D eigenvalue weighted by molar-refractivity contribution is -0.116. The number of rotatable bonds is 6. The van der Waals surface area contributed by atoms with Crippen LogP contribution in [0.1, 0.15) is 27.4 Å². The van der Waals surface area contributed by atoms with E-state index >= 15 is 0 Å². The fourth-order valence-electron chi connectivity index (χ4n) is 2.37. The summed E-state index contributed by atoms with van der Waals surface area (Å²) in [4.78, 5) is 26.0. The third kappa shape index (κ3) is 4.16. The molecule has 1 amide bonds. The first kappa shape index (κ1) is 17.0. The summed E-state index contributed by atoms with van der Waals surface area (Å²) in [7, 11) is 1.75. The van der Waals surface area contributed by atoms with Crippen LogP contribution in [-0.4, -0.2) is 31.9 Å². The zero-order valence-electron chi connectivity index (χ0n) is 13.9. The Morgan fingerprint density at radius 1 is 1.20 bits per heavy atom. The number of anilines is 1. The van der Waals surface area contributed by atoms with Crippen LogP contribution in [0.5, 0.6) is 0 Å². The summed E-state index contributed by atoms with van der Waals surface area (Å²) in [5, 5.41) is 14.2. The second-order valence-electron chi connectivity index (χ2n) is 5.59. The summed E-state index contributed by atoms with van der Waals surface area (Å²) in [6, 6.07) is 11.0. The number of nitrogens with one attached hydrogen (secondary N) is 1. The Bertz CT molecular complexity index is 915. The largest absolute Gasteiger partial charge is 0.326 e. The normalized spacial score (nSPS) is 10.6.